The molecule has 0 amide bonds. The Morgan fingerprint density at radius 2 is 1.93 bits per heavy atom. The van der Waals surface area contributed by atoms with E-state index >= 15 is 0 Å². The number of hydrogen-bond donors (Lipinski definition) is 4. The number of benzene rings is 1. The summed E-state index contributed by atoms with van der Waals surface area (Å²) in [5.41, 5.74) is -3.22. The first-order chi connectivity index (χ1) is 12.2. The molecule has 9 nitrogen and oxygen atoms in total. The lowest BCUT2D eigenvalue weighted by molar-refractivity contribution is -0.164. The van der Waals surface area contributed by atoms with Crippen LogP contribution in [-0.2, 0) is 9.59 Å². The Labute approximate surface area is 154 Å². The second-order valence-corrected chi connectivity index (χ2v) is 6.71. The molecule has 4 unspecified atom stereocenters. The van der Waals surface area contributed by atoms with Gasteiger partial charge in [0, 0.05) is 11.6 Å². The normalized spacial score (nSPS) is 30.9. The second-order valence-electron chi connectivity index (χ2n) is 6.71. The molecule has 4 atom stereocenters. The van der Waals surface area contributed by atoms with Gasteiger partial charge in [0.1, 0.15) is 16.7 Å². The number of aliphatic hydroxyl groups excluding tert-OH is 1. The summed E-state index contributed by atoms with van der Waals surface area (Å²) in [6.07, 6.45) is -1.60. The Bertz CT molecular complexity index is 903. The predicted octanol–water partition coefficient (Wildman–Crippen LogP) is 0.316. The van der Waals surface area contributed by atoms with Crippen LogP contribution >= 0.6 is 0 Å². The van der Waals surface area contributed by atoms with Gasteiger partial charge in [-0.3, -0.25) is 4.79 Å². The van der Waals surface area contributed by atoms with E-state index in [1.54, 1.807) is 12.1 Å². The minimum absolute atomic E-state index is 0. The summed E-state index contributed by atoms with van der Waals surface area (Å²) in [4.78, 5) is 24.4. The van der Waals surface area contributed by atoms with Crippen LogP contribution in [0.1, 0.15) is 37.0 Å². The quantitative estimate of drug-likeness (QED) is 0.584. The maximum atomic E-state index is 12.4. The summed E-state index contributed by atoms with van der Waals surface area (Å²) in [7, 11) is 1.43. The second kappa shape index (κ2) is 6.26. The summed E-state index contributed by atoms with van der Waals surface area (Å²) in [6.45, 7) is 2.85. The highest BCUT2D eigenvalue weighted by atomic mass is 16.5. The van der Waals surface area contributed by atoms with Gasteiger partial charge in [0.2, 0.25) is 0 Å². The lowest BCUT2D eigenvalue weighted by atomic mass is 9.58. The first kappa shape index (κ1) is 20.2. The summed E-state index contributed by atoms with van der Waals surface area (Å²) < 4.78 is 5.14. The van der Waals surface area contributed by atoms with Crippen LogP contribution < -0.4 is 10.1 Å². The molecule has 3 rings (SSSR count). The zero-order chi connectivity index (χ0) is 19.4. The van der Waals surface area contributed by atoms with E-state index in [2.05, 4.69) is 5.32 Å². The third kappa shape index (κ3) is 2.24. The molecule has 1 heterocycles. The smallest absolute Gasteiger partial charge is 0.333 e. The van der Waals surface area contributed by atoms with Gasteiger partial charge in [-0.05, 0) is 37.1 Å². The van der Waals surface area contributed by atoms with Crippen molar-refractivity contribution >= 4 is 11.9 Å². The van der Waals surface area contributed by atoms with E-state index in [-0.39, 0.29) is 22.3 Å². The number of methoxy groups -OCH3 is 1. The van der Waals surface area contributed by atoms with E-state index in [0.717, 1.165) is 0 Å². The Kier molecular flexibility index (Phi) is 4.69. The van der Waals surface area contributed by atoms with Gasteiger partial charge in [-0.2, -0.15) is 5.26 Å². The average molecular weight is 376 g/mol. The number of carboxylic acids is 2. The number of carboxylic acid groups (broad SMARTS) is 2. The molecule has 0 aromatic heterocycles. The molecule has 0 saturated carbocycles. The molecule has 1 aliphatic carbocycles. The lowest BCUT2D eigenvalue weighted by Gasteiger charge is -2.49. The Hall–Kier alpha value is -3.09. The van der Waals surface area contributed by atoms with E-state index in [1.807, 2.05) is 6.07 Å². The molecular formula is C18H20N2O7. The molecule has 6 N–H and O–H groups in total. The molecule has 1 aromatic rings. The number of nitrogens with one attached hydrogen (secondary N) is 1. The summed E-state index contributed by atoms with van der Waals surface area (Å²) in [5.74, 6) is -3.56. The van der Waals surface area contributed by atoms with E-state index in [1.165, 1.54) is 27.0 Å². The van der Waals surface area contributed by atoms with Crippen LogP contribution in [0, 0.1) is 16.7 Å². The number of hydrogen-bond acceptors (Lipinski definition) is 6. The van der Waals surface area contributed by atoms with Crippen molar-refractivity contribution in [1.29, 1.82) is 5.26 Å². The fourth-order valence-corrected chi connectivity index (χ4v) is 4.39. The number of allylic oxidation sites excluding steroid dienone is 1. The number of aliphatic hydroxyl groups is 1. The maximum Gasteiger partial charge on any atom is 0.333 e. The Balaban J connectivity index is 0.00000261. The van der Waals surface area contributed by atoms with Crippen molar-refractivity contribution in [2.24, 2.45) is 5.41 Å². The van der Waals surface area contributed by atoms with Crippen molar-refractivity contribution in [2.45, 2.75) is 31.4 Å². The van der Waals surface area contributed by atoms with Gasteiger partial charge in [-0.15, -0.1) is 0 Å². The monoisotopic (exact) mass is 376 g/mol. The van der Waals surface area contributed by atoms with E-state index in [0.29, 0.717) is 11.3 Å². The highest BCUT2D eigenvalue weighted by molar-refractivity contribution is 5.95. The van der Waals surface area contributed by atoms with Crippen molar-refractivity contribution in [3.05, 3.63) is 40.6 Å². The van der Waals surface area contributed by atoms with Crippen LogP contribution in [0.3, 0.4) is 0 Å². The molecule has 0 fully saturated rings. The largest absolute Gasteiger partial charge is 0.497 e. The third-order valence-corrected chi connectivity index (χ3v) is 5.55. The van der Waals surface area contributed by atoms with Gasteiger partial charge in [-0.1, -0.05) is 6.07 Å². The fraction of sp³-hybridized carbons (Fsp3) is 0.389. The number of carbonyl (C=O) groups is 2. The minimum atomic E-state index is -2.11. The molecule has 0 bridgehead atoms. The number of fused-ring (bicyclic) bond motifs is 3. The number of rotatable bonds is 3. The van der Waals surface area contributed by atoms with Crippen LogP contribution in [0.2, 0.25) is 0 Å². The highest BCUT2D eigenvalue weighted by Gasteiger charge is 2.71. The van der Waals surface area contributed by atoms with Gasteiger partial charge in [0.05, 0.1) is 24.9 Å². The summed E-state index contributed by atoms with van der Waals surface area (Å²) in [5, 5.41) is 43.4. The molecule has 9 heteroatoms. The third-order valence-electron chi connectivity index (χ3n) is 5.55. The van der Waals surface area contributed by atoms with Crippen LogP contribution in [0.15, 0.2) is 29.5 Å². The first-order valence-corrected chi connectivity index (χ1v) is 7.88. The van der Waals surface area contributed by atoms with E-state index < -0.39 is 34.9 Å². The van der Waals surface area contributed by atoms with Gasteiger partial charge >= 0.3 is 11.9 Å². The molecule has 1 aromatic carbocycles. The van der Waals surface area contributed by atoms with Crippen molar-refractivity contribution in [1.82, 2.24) is 5.32 Å². The SMILES string of the molecule is COc1ccc2c(c1)C(O)C1(C(=O)O)C2C(C(=O)O)=C(C)NC1(C)C#N.O. The van der Waals surface area contributed by atoms with Gasteiger partial charge in [0.25, 0.3) is 0 Å². The molecule has 144 valence electrons. The maximum absolute atomic E-state index is 12.4. The summed E-state index contributed by atoms with van der Waals surface area (Å²) >= 11 is 0. The van der Waals surface area contributed by atoms with Gasteiger partial charge in [0.15, 0.2) is 0 Å². The fourth-order valence-electron chi connectivity index (χ4n) is 4.39. The van der Waals surface area contributed by atoms with Crippen LogP contribution in [0.4, 0.5) is 0 Å². The van der Waals surface area contributed by atoms with Crippen molar-refractivity contribution in [3.63, 3.8) is 0 Å². The zero-order valence-corrected chi connectivity index (χ0v) is 14.9. The number of ether oxygens (including phenoxy) is 1. The van der Waals surface area contributed by atoms with Crippen molar-refractivity contribution in [3.8, 4) is 11.8 Å². The van der Waals surface area contributed by atoms with Crippen LogP contribution in [0.5, 0.6) is 5.75 Å². The van der Waals surface area contributed by atoms with Crippen LogP contribution in [-0.4, -0.2) is 45.4 Å². The Morgan fingerprint density at radius 1 is 1.30 bits per heavy atom. The molecule has 0 spiro atoms. The average Bonchev–Trinajstić information content (AvgIpc) is 2.85. The minimum Gasteiger partial charge on any atom is -0.497 e. The first-order valence-electron chi connectivity index (χ1n) is 7.88. The van der Waals surface area contributed by atoms with Crippen molar-refractivity contribution < 1.29 is 35.1 Å². The number of aliphatic carboxylic acids is 2. The molecular weight excluding hydrogens is 356 g/mol. The van der Waals surface area contributed by atoms with E-state index in [4.69, 9.17) is 4.74 Å². The van der Waals surface area contributed by atoms with E-state index in [9.17, 15) is 30.2 Å². The standard InChI is InChI=1S/C18H18N2O6.H2O/c1-8-12(15(22)23)13-10-5-4-9(26-3)6-11(10)14(21)18(13,16(24)25)17(2,7-19)20-8;/h4-6,13-14,20-21H,1-3H3,(H,22,23)(H,24,25);1H2. The Morgan fingerprint density at radius 3 is 2.41 bits per heavy atom. The lowest BCUT2D eigenvalue weighted by Crippen LogP contribution is -2.65. The molecule has 0 radical (unpaired) electrons. The number of nitrogens with zero attached hydrogens (tertiary/aromatic N) is 1. The van der Waals surface area contributed by atoms with Crippen molar-refractivity contribution in [2.75, 3.05) is 7.11 Å². The predicted molar refractivity (Wildman–Crippen MR) is 91.9 cm³/mol. The van der Waals surface area contributed by atoms with Crippen LogP contribution in [0.25, 0.3) is 0 Å². The summed E-state index contributed by atoms with van der Waals surface area (Å²) in [6, 6.07) is 6.55. The molecule has 1 aliphatic heterocycles. The molecule has 0 saturated heterocycles. The molecule has 2 aliphatic rings. The van der Waals surface area contributed by atoms with Gasteiger partial charge in [-0.25, -0.2) is 4.79 Å². The van der Waals surface area contributed by atoms with Gasteiger partial charge < -0.3 is 30.8 Å². The zero-order valence-electron chi connectivity index (χ0n) is 14.9. The number of nitriles is 1. The highest BCUT2D eigenvalue weighted by Crippen LogP contribution is 2.64. The topological polar surface area (TPSA) is 171 Å². The molecule has 27 heavy (non-hydrogen) atoms.